The van der Waals surface area contributed by atoms with Crippen LogP contribution >= 0.6 is 0 Å². The number of aliphatic hydroxyl groups excluding tert-OH is 1. The summed E-state index contributed by atoms with van der Waals surface area (Å²) in [5, 5.41) is 27.2. The zero-order chi connectivity index (χ0) is 13.9. The molecule has 2 atom stereocenters. The van der Waals surface area contributed by atoms with Crippen LogP contribution in [0.5, 0.6) is 0 Å². The van der Waals surface area contributed by atoms with Crippen LogP contribution in [0.2, 0.25) is 0 Å². The van der Waals surface area contributed by atoms with Gasteiger partial charge in [-0.3, -0.25) is 0 Å². The molecule has 0 spiro atoms. The van der Waals surface area contributed by atoms with Gasteiger partial charge in [0.1, 0.15) is 0 Å². The number of carboxylic acids is 1. The van der Waals surface area contributed by atoms with Crippen LogP contribution in [0.3, 0.4) is 0 Å². The molecule has 0 aromatic rings. The number of aliphatic hydroxyl groups is 2. The van der Waals surface area contributed by atoms with Crippen LogP contribution in [0.4, 0.5) is 13.2 Å². The SMILES string of the molecule is CCC(CC)CC(O)(C(=O)O)C(O)C(F)(F)F. The lowest BCUT2D eigenvalue weighted by Crippen LogP contribution is -2.57. The van der Waals surface area contributed by atoms with Gasteiger partial charge in [0, 0.05) is 0 Å². The number of alkyl halides is 3. The summed E-state index contributed by atoms with van der Waals surface area (Å²) >= 11 is 0. The number of halogens is 3. The second-order valence-corrected chi connectivity index (χ2v) is 4.06. The summed E-state index contributed by atoms with van der Waals surface area (Å²) in [6.07, 6.45) is -8.23. The minimum absolute atomic E-state index is 0.395. The van der Waals surface area contributed by atoms with Gasteiger partial charge in [-0.05, 0) is 12.3 Å². The van der Waals surface area contributed by atoms with Gasteiger partial charge in [-0.25, -0.2) is 4.79 Å². The van der Waals surface area contributed by atoms with Gasteiger partial charge in [0.15, 0.2) is 11.7 Å². The smallest absolute Gasteiger partial charge is 0.417 e. The first kappa shape index (κ1) is 16.2. The molecule has 0 radical (unpaired) electrons. The van der Waals surface area contributed by atoms with Crippen molar-refractivity contribution in [3.8, 4) is 0 Å². The molecule has 0 saturated carbocycles. The van der Waals surface area contributed by atoms with Crippen molar-refractivity contribution in [2.45, 2.75) is 51.0 Å². The van der Waals surface area contributed by atoms with Gasteiger partial charge in [0.2, 0.25) is 0 Å². The highest BCUT2D eigenvalue weighted by Crippen LogP contribution is 2.34. The summed E-state index contributed by atoms with van der Waals surface area (Å²) in [7, 11) is 0. The van der Waals surface area contributed by atoms with Crippen molar-refractivity contribution in [1.29, 1.82) is 0 Å². The zero-order valence-electron chi connectivity index (χ0n) is 9.66. The molecule has 0 aromatic carbocycles. The standard InChI is InChI=1S/C10H17F3O4/c1-3-6(4-2)5-9(17,8(15)16)7(14)10(11,12)13/h6-7,14,17H,3-5H2,1-2H3,(H,15,16). The molecular formula is C10H17F3O4. The molecule has 102 valence electrons. The fourth-order valence-corrected chi connectivity index (χ4v) is 1.60. The number of aliphatic carboxylic acids is 1. The maximum absolute atomic E-state index is 12.3. The lowest BCUT2D eigenvalue weighted by Gasteiger charge is -2.32. The first-order valence-corrected chi connectivity index (χ1v) is 5.30. The number of hydrogen-bond donors (Lipinski definition) is 3. The minimum atomic E-state index is -5.17. The van der Waals surface area contributed by atoms with E-state index in [1.807, 2.05) is 0 Å². The Morgan fingerprint density at radius 1 is 1.24 bits per heavy atom. The molecule has 0 saturated heterocycles. The van der Waals surface area contributed by atoms with Crippen molar-refractivity contribution in [3.63, 3.8) is 0 Å². The van der Waals surface area contributed by atoms with E-state index in [0.717, 1.165) is 0 Å². The molecule has 4 nitrogen and oxygen atoms in total. The Kier molecular flexibility index (Phi) is 5.41. The summed E-state index contributed by atoms with van der Waals surface area (Å²) < 4.78 is 36.9. The third kappa shape index (κ3) is 3.85. The van der Waals surface area contributed by atoms with Crippen LogP contribution in [0.1, 0.15) is 33.1 Å². The molecule has 0 aliphatic rings. The van der Waals surface area contributed by atoms with E-state index in [4.69, 9.17) is 10.2 Å². The summed E-state index contributed by atoms with van der Waals surface area (Å²) in [6.45, 7) is 3.35. The lowest BCUT2D eigenvalue weighted by molar-refractivity contribution is -0.261. The van der Waals surface area contributed by atoms with Gasteiger partial charge in [-0.15, -0.1) is 0 Å². The molecule has 0 aliphatic carbocycles. The Balaban J connectivity index is 5.11. The van der Waals surface area contributed by atoms with Crippen LogP contribution in [0, 0.1) is 5.92 Å². The maximum Gasteiger partial charge on any atom is 0.417 e. The Labute approximate surface area is 97.1 Å². The summed E-state index contributed by atoms with van der Waals surface area (Å²) in [6, 6.07) is 0. The van der Waals surface area contributed by atoms with E-state index in [9.17, 15) is 23.1 Å². The van der Waals surface area contributed by atoms with Crippen molar-refractivity contribution < 1.29 is 33.3 Å². The van der Waals surface area contributed by atoms with E-state index < -0.39 is 36.2 Å². The highest BCUT2D eigenvalue weighted by atomic mass is 19.4. The molecule has 0 bridgehead atoms. The van der Waals surface area contributed by atoms with Gasteiger partial charge in [-0.2, -0.15) is 13.2 Å². The topological polar surface area (TPSA) is 77.8 Å². The van der Waals surface area contributed by atoms with E-state index >= 15 is 0 Å². The predicted molar refractivity (Wildman–Crippen MR) is 53.3 cm³/mol. The van der Waals surface area contributed by atoms with Crippen molar-refractivity contribution in [3.05, 3.63) is 0 Å². The monoisotopic (exact) mass is 258 g/mol. The molecular weight excluding hydrogens is 241 g/mol. The van der Waals surface area contributed by atoms with Crippen molar-refractivity contribution in [2.24, 2.45) is 5.92 Å². The number of carboxylic acid groups (broad SMARTS) is 1. The molecule has 3 N–H and O–H groups in total. The van der Waals surface area contributed by atoms with Crippen molar-refractivity contribution in [1.82, 2.24) is 0 Å². The van der Waals surface area contributed by atoms with Crippen LogP contribution in [-0.2, 0) is 4.79 Å². The molecule has 0 rings (SSSR count). The molecule has 0 heterocycles. The van der Waals surface area contributed by atoms with Gasteiger partial charge in [0.05, 0.1) is 0 Å². The average Bonchev–Trinajstić information content (AvgIpc) is 2.22. The van der Waals surface area contributed by atoms with Gasteiger partial charge in [0.25, 0.3) is 0 Å². The number of rotatable bonds is 6. The number of hydrogen-bond acceptors (Lipinski definition) is 3. The van der Waals surface area contributed by atoms with E-state index in [2.05, 4.69) is 0 Å². The number of carbonyl (C=O) groups is 1. The third-order valence-electron chi connectivity index (χ3n) is 2.89. The molecule has 0 fully saturated rings. The largest absolute Gasteiger partial charge is 0.479 e. The lowest BCUT2D eigenvalue weighted by atomic mass is 9.83. The van der Waals surface area contributed by atoms with Gasteiger partial charge in [-0.1, -0.05) is 26.7 Å². The van der Waals surface area contributed by atoms with Crippen molar-refractivity contribution in [2.75, 3.05) is 0 Å². The quantitative estimate of drug-likeness (QED) is 0.675. The van der Waals surface area contributed by atoms with E-state index in [0.29, 0.717) is 12.8 Å². The van der Waals surface area contributed by atoms with Crippen LogP contribution in [0.25, 0.3) is 0 Å². The summed E-state index contributed by atoms with van der Waals surface area (Å²) in [5.41, 5.74) is -3.19. The average molecular weight is 258 g/mol. The fourth-order valence-electron chi connectivity index (χ4n) is 1.60. The molecule has 0 amide bonds. The Bertz CT molecular complexity index is 263. The van der Waals surface area contributed by atoms with Gasteiger partial charge < -0.3 is 15.3 Å². The Morgan fingerprint density at radius 3 is 1.88 bits per heavy atom. The fraction of sp³-hybridized carbons (Fsp3) is 0.900. The first-order valence-electron chi connectivity index (χ1n) is 5.30. The molecule has 2 unspecified atom stereocenters. The van der Waals surface area contributed by atoms with Crippen LogP contribution in [-0.4, -0.2) is 39.2 Å². The van der Waals surface area contributed by atoms with Crippen LogP contribution < -0.4 is 0 Å². The zero-order valence-corrected chi connectivity index (χ0v) is 9.66. The Morgan fingerprint density at radius 2 is 1.65 bits per heavy atom. The highest BCUT2D eigenvalue weighted by molar-refractivity contribution is 5.78. The maximum atomic E-state index is 12.3. The van der Waals surface area contributed by atoms with E-state index in [-0.39, 0.29) is 0 Å². The molecule has 17 heavy (non-hydrogen) atoms. The summed E-state index contributed by atoms with van der Waals surface area (Å²) in [5.74, 6) is -2.46. The third-order valence-corrected chi connectivity index (χ3v) is 2.89. The predicted octanol–water partition coefficient (Wildman–Crippen LogP) is 1.55. The van der Waals surface area contributed by atoms with E-state index in [1.165, 1.54) is 0 Å². The Hall–Kier alpha value is -0.820. The first-order chi connectivity index (χ1) is 7.59. The van der Waals surface area contributed by atoms with E-state index in [1.54, 1.807) is 13.8 Å². The second kappa shape index (κ2) is 5.68. The van der Waals surface area contributed by atoms with Crippen molar-refractivity contribution >= 4 is 5.97 Å². The van der Waals surface area contributed by atoms with Gasteiger partial charge >= 0.3 is 12.1 Å². The normalized spacial score (nSPS) is 17.9. The molecule has 0 aromatic heterocycles. The highest BCUT2D eigenvalue weighted by Gasteiger charge is 2.57. The summed E-state index contributed by atoms with van der Waals surface area (Å²) in [4.78, 5) is 10.8. The molecule has 7 heteroatoms. The van der Waals surface area contributed by atoms with Crippen LogP contribution in [0.15, 0.2) is 0 Å². The molecule has 0 aliphatic heterocycles. The minimum Gasteiger partial charge on any atom is -0.479 e. The second-order valence-electron chi connectivity index (χ2n) is 4.06.